The molecule has 25 heavy (non-hydrogen) atoms. The van der Waals surface area contributed by atoms with Gasteiger partial charge < -0.3 is 19.3 Å². The van der Waals surface area contributed by atoms with Gasteiger partial charge in [-0.05, 0) is 18.6 Å². The molecule has 0 unspecified atom stereocenters. The molecular formula is C17H27IN6O. The Bertz CT molecular complexity index is 646. The molecule has 0 amide bonds. The van der Waals surface area contributed by atoms with Crippen LogP contribution in [0.15, 0.2) is 40.3 Å². The number of halogens is 1. The van der Waals surface area contributed by atoms with Gasteiger partial charge in [-0.1, -0.05) is 5.16 Å². The quantitative estimate of drug-likeness (QED) is 0.422. The fourth-order valence-corrected chi connectivity index (χ4v) is 2.91. The zero-order valence-corrected chi connectivity index (χ0v) is 17.2. The van der Waals surface area contributed by atoms with Crippen molar-refractivity contribution in [3.63, 3.8) is 0 Å². The van der Waals surface area contributed by atoms with Crippen LogP contribution < -0.4 is 5.32 Å². The van der Waals surface area contributed by atoms with Crippen molar-refractivity contribution in [3.8, 4) is 0 Å². The lowest BCUT2D eigenvalue weighted by molar-refractivity contribution is 0.169. The van der Waals surface area contributed by atoms with Gasteiger partial charge in [-0.15, -0.1) is 24.0 Å². The smallest absolute Gasteiger partial charge is 0.194 e. The number of piperazine rings is 1. The van der Waals surface area contributed by atoms with E-state index in [0.717, 1.165) is 50.9 Å². The lowest BCUT2D eigenvalue weighted by Crippen LogP contribution is -2.52. The lowest BCUT2D eigenvalue weighted by atomic mass is 10.3. The normalized spacial score (nSPS) is 15.9. The molecule has 3 heterocycles. The molecule has 0 spiro atoms. The summed E-state index contributed by atoms with van der Waals surface area (Å²) in [6.07, 6.45) is 5.80. The van der Waals surface area contributed by atoms with Crippen LogP contribution in [0.5, 0.6) is 0 Å². The lowest BCUT2D eigenvalue weighted by Gasteiger charge is -2.36. The van der Waals surface area contributed by atoms with Crippen LogP contribution in [-0.2, 0) is 20.1 Å². The van der Waals surface area contributed by atoms with E-state index in [1.807, 2.05) is 13.1 Å². The second kappa shape index (κ2) is 9.81. The maximum Gasteiger partial charge on any atom is 0.194 e. The highest BCUT2D eigenvalue weighted by atomic mass is 127. The molecular weight excluding hydrogens is 431 g/mol. The number of rotatable bonds is 5. The monoisotopic (exact) mass is 458 g/mol. The Balaban J connectivity index is 0.00000225. The molecule has 1 fully saturated rings. The molecule has 1 aliphatic heterocycles. The van der Waals surface area contributed by atoms with Crippen LogP contribution >= 0.6 is 24.0 Å². The minimum atomic E-state index is 0. The maximum atomic E-state index is 4.91. The summed E-state index contributed by atoms with van der Waals surface area (Å²) < 4.78 is 6.96. The topological polar surface area (TPSA) is 61.8 Å². The molecule has 7 nitrogen and oxygen atoms in total. The van der Waals surface area contributed by atoms with Crippen LogP contribution in [0.1, 0.15) is 18.2 Å². The van der Waals surface area contributed by atoms with Crippen molar-refractivity contribution >= 4 is 29.9 Å². The summed E-state index contributed by atoms with van der Waals surface area (Å²) in [6, 6.07) is 4.04. The molecule has 0 bridgehead atoms. The first kappa shape index (κ1) is 19.8. The van der Waals surface area contributed by atoms with Crippen molar-refractivity contribution in [1.29, 1.82) is 0 Å². The number of nitrogens with one attached hydrogen (secondary N) is 1. The number of hydrogen-bond donors (Lipinski definition) is 1. The van der Waals surface area contributed by atoms with Crippen molar-refractivity contribution in [2.45, 2.75) is 20.0 Å². The van der Waals surface area contributed by atoms with Crippen LogP contribution in [0, 0.1) is 0 Å². The molecule has 3 rings (SSSR count). The summed E-state index contributed by atoms with van der Waals surface area (Å²) in [5, 5.41) is 7.40. The predicted molar refractivity (Wildman–Crippen MR) is 109 cm³/mol. The van der Waals surface area contributed by atoms with Gasteiger partial charge in [0.05, 0.1) is 12.2 Å². The summed E-state index contributed by atoms with van der Waals surface area (Å²) in [5.74, 6) is 1.00. The summed E-state index contributed by atoms with van der Waals surface area (Å²) in [5.41, 5.74) is 2.23. The summed E-state index contributed by atoms with van der Waals surface area (Å²) in [7, 11) is 2.03. The molecule has 138 valence electrons. The van der Waals surface area contributed by atoms with Gasteiger partial charge in [-0.3, -0.25) is 4.90 Å². The van der Waals surface area contributed by atoms with E-state index >= 15 is 0 Å². The van der Waals surface area contributed by atoms with Crippen LogP contribution in [0.2, 0.25) is 0 Å². The molecule has 1 saturated heterocycles. The Labute approximate surface area is 166 Å². The first-order chi connectivity index (χ1) is 11.7. The van der Waals surface area contributed by atoms with E-state index in [4.69, 9.17) is 9.52 Å². The number of aliphatic imine (C=N–C) groups is 1. The third-order valence-electron chi connectivity index (χ3n) is 4.19. The third kappa shape index (κ3) is 5.74. The largest absolute Gasteiger partial charge is 0.364 e. The Kier molecular flexibility index (Phi) is 7.76. The van der Waals surface area contributed by atoms with E-state index in [9.17, 15) is 0 Å². The first-order valence-electron chi connectivity index (χ1n) is 8.50. The third-order valence-corrected chi connectivity index (χ3v) is 4.19. The molecule has 2 aromatic heterocycles. The molecule has 0 aliphatic carbocycles. The van der Waals surface area contributed by atoms with Crippen LogP contribution in [0.3, 0.4) is 0 Å². The van der Waals surface area contributed by atoms with Gasteiger partial charge in [0.2, 0.25) is 0 Å². The highest BCUT2D eigenvalue weighted by Gasteiger charge is 2.20. The van der Waals surface area contributed by atoms with E-state index in [2.05, 4.69) is 50.2 Å². The van der Waals surface area contributed by atoms with Crippen LogP contribution in [0.4, 0.5) is 0 Å². The van der Waals surface area contributed by atoms with Gasteiger partial charge in [0.25, 0.3) is 0 Å². The second-order valence-corrected chi connectivity index (χ2v) is 6.11. The van der Waals surface area contributed by atoms with Gasteiger partial charge in [0, 0.05) is 64.8 Å². The molecule has 2 aromatic rings. The van der Waals surface area contributed by atoms with Gasteiger partial charge in [0.1, 0.15) is 6.26 Å². The average molecular weight is 458 g/mol. The number of hydrogen-bond acceptors (Lipinski definition) is 4. The highest BCUT2D eigenvalue weighted by molar-refractivity contribution is 14.0. The van der Waals surface area contributed by atoms with Gasteiger partial charge >= 0.3 is 0 Å². The zero-order valence-electron chi connectivity index (χ0n) is 14.9. The van der Waals surface area contributed by atoms with Crippen molar-refractivity contribution in [1.82, 2.24) is 24.8 Å². The standard InChI is InChI=1S/C17H26N6O.HI/c1-3-18-17(19-12-15-4-6-21(2)13-15)23-9-7-22(8-10-23)14-16-5-11-24-20-16;/h4-6,11,13H,3,7-10,12,14H2,1-2H3,(H,18,19);1H. The van der Waals surface area contributed by atoms with Gasteiger partial charge in [-0.2, -0.15) is 0 Å². The number of aromatic nitrogens is 2. The zero-order chi connectivity index (χ0) is 16.8. The Morgan fingerprint density at radius 1 is 1.28 bits per heavy atom. The molecule has 1 aliphatic rings. The highest BCUT2D eigenvalue weighted by Crippen LogP contribution is 2.08. The maximum absolute atomic E-state index is 4.91. The minimum Gasteiger partial charge on any atom is -0.364 e. The van der Waals surface area contributed by atoms with E-state index in [-0.39, 0.29) is 24.0 Å². The van der Waals surface area contributed by atoms with Crippen LogP contribution in [-0.4, -0.2) is 58.2 Å². The number of aryl methyl sites for hydroxylation is 1. The van der Waals surface area contributed by atoms with Crippen molar-refractivity contribution in [2.24, 2.45) is 12.0 Å². The average Bonchev–Trinajstić information content (AvgIpc) is 3.24. The molecule has 1 N–H and O–H groups in total. The van der Waals surface area contributed by atoms with E-state index < -0.39 is 0 Å². The van der Waals surface area contributed by atoms with Crippen molar-refractivity contribution < 1.29 is 4.52 Å². The second-order valence-electron chi connectivity index (χ2n) is 6.11. The van der Waals surface area contributed by atoms with Crippen molar-refractivity contribution in [2.75, 3.05) is 32.7 Å². The molecule has 0 saturated carbocycles. The SMILES string of the molecule is CCNC(=NCc1ccn(C)c1)N1CCN(Cc2ccon2)CC1.I. The Morgan fingerprint density at radius 2 is 2.08 bits per heavy atom. The predicted octanol–water partition coefficient (Wildman–Crippen LogP) is 1.91. The summed E-state index contributed by atoms with van der Waals surface area (Å²) >= 11 is 0. The Hall–Kier alpha value is -1.55. The minimum absolute atomic E-state index is 0. The first-order valence-corrected chi connectivity index (χ1v) is 8.50. The summed E-state index contributed by atoms with van der Waals surface area (Å²) in [6.45, 7) is 8.50. The molecule has 0 radical (unpaired) electrons. The van der Waals surface area contributed by atoms with E-state index in [0.29, 0.717) is 6.54 Å². The fraction of sp³-hybridized carbons (Fsp3) is 0.529. The van der Waals surface area contributed by atoms with E-state index in [1.165, 1.54) is 5.56 Å². The van der Waals surface area contributed by atoms with Gasteiger partial charge in [-0.25, -0.2) is 4.99 Å². The molecule has 0 atom stereocenters. The van der Waals surface area contributed by atoms with Crippen LogP contribution in [0.25, 0.3) is 0 Å². The fourth-order valence-electron chi connectivity index (χ4n) is 2.91. The number of guanidine groups is 1. The molecule has 0 aromatic carbocycles. The van der Waals surface area contributed by atoms with E-state index in [1.54, 1.807) is 6.26 Å². The van der Waals surface area contributed by atoms with Crippen molar-refractivity contribution in [3.05, 3.63) is 42.0 Å². The Morgan fingerprint density at radius 3 is 2.68 bits per heavy atom. The summed E-state index contributed by atoms with van der Waals surface area (Å²) in [4.78, 5) is 9.53. The number of nitrogens with zero attached hydrogens (tertiary/aromatic N) is 5. The molecule has 8 heteroatoms. The van der Waals surface area contributed by atoms with Gasteiger partial charge in [0.15, 0.2) is 5.96 Å².